The standard InChI is InChI=1S/C16H19F2N5OS/c1-21-15(5-4-14(19)24)20-23(16(21)25)9-22-6-2-3-11-12(18)7-10(17)8-13(11)22/h7-8H,2-6,9H2,1H3,(H2,19,24). The zero-order valence-electron chi connectivity index (χ0n) is 13.8. The van der Waals surface area contributed by atoms with Crippen molar-refractivity contribution in [2.24, 2.45) is 12.8 Å². The van der Waals surface area contributed by atoms with Crippen molar-refractivity contribution in [1.82, 2.24) is 14.3 Å². The number of anilines is 1. The second kappa shape index (κ2) is 6.91. The number of hydrogen-bond donors (Lipinski definition) is 1. The van der Waals surface area contributed by atoms with Gasteiger partial charge in [0.05, 0.1) is 0 Å². The molecule has 6 nitrogen and oxygen atoms in total. The normalized spacial score (nSPS) is 13.8. The van der Waals surface area contributed by atoms with Crippen LogP contribution in [-0.2, 0) is 31.4 Å². The van der Waals surface area contributed by atoms with Gasteiger partial charge in [0.25, 0.3) is 0 Å². The third-order valence-corrected chi connectivity index (χ3v) is 4.85. The molecule has 1 aliphatic rings. The summed E-state index contributed by atoms with van der Waals surface area (Å²) in [4.78, 5) is 12.8. The van der Waals surface area contributed by atoms with Gasteiger partial charge in [0, 0.05) is 43.8 Å². The third-order valence-electron chi connectivity index (χ3n) is 4.36. The molecule has 0 saturated carbocycles. The molecule has 1 aromatic carbocycles. The molecule has 1 aromatic heterocycles. The van der Waals surface area contributed by atoms with E-state index in [1.807, 2.05) is 4.90 Å². The van der Waals surface area contributed by atoms with Crippen LogP contribution in [0.4, 0.5) is 14.5 Å². The zero-order valence-corrected chi connectivity index (χ0v) is 14.7. The average molecular weight is 367 g/mol. The topological polar surface area (TPSA) is 69.1 Å². The lowest BCUT2D eigenvalue weighted by molar-refractivity contribution is -0.118. The van der Waals surface area contributed by atoms with Crippen molar-refractivity contribution < 1.29 is 13.6 Å². The largest absolute Gasteiger partial charge is 0.370 e. The minimum atomic E-state index is -0.602. The number of benzene rings is 1. The van der Waals surface area contributed by atoms with Crippen molar-refractivity contribution in [2.45, 2.75) is 32.4 Å². The summed E-state index contributed by atoms with van der Waals surface area (Å²) in [5.74, 6) is -0.885. The van der Waals surface area contributed by atoms with E-state index in [1.165, 1.54) is 6.07 Å². The van der Waals surface area contributed by atoms with E-state index >= 15 is 0 Å². The van der Waals surface area contributed by atoms with Gasteiger partial charge in [0.1, 0.15) is 24.1 Å². The third kappa shape index (κ3) is 3.55. The number of nitrogens with zero attached hydrogens (tertiary/aromatic N) is 4. The van der Waals surface area contributed by atoms with Crippen molar-refractivity contribution in [1.29, 1.82) is 0 Å². The highest BCUT2D eigenvalue weighted by atomic mass is 32.1. The number of primary amides is 1. The maximum atomic E-state index is 14.0. The summed E-state index contributed by atoms with van der Waals surface area (Å²) in [5, 5.41) is 4.43. The SMILES string of the molecule is Cn1c(CCC(N)=O)nn(CN2CCCc3c(F)cc(F)cc32)c1=S. The lowest BCUT2D eigenvalue weighted by atomic mass is 10.0. The van der Waals surface area contributed by atoms with E-state index in [1.54, 1.807) is 16.3 Å². The molecule has 1 amide bonds. The van der Waals surface area contributed by atoms with E-state index in [9.17, 15) is 13.6 Å². The minimum Gasteiger partial charge on any atom is -0.370 e. The molecular weight excluding hydrogens is 348 g/mol. The second-order valence-electron chi connectivity index (χ2n) is 6.12. The number of rotatable bonds is 5. The molecule has 0 bridgehead atoms. The number of carbonyl (C=O) groups is 1. The minimum absolute atomic E-state index is 0.183. The predicted molar refractivity (Wildman–Crippen MR) is 91.6 cm³/mol. The fourth-order valence-corrected chi connectivity index (χ4v) is 3.28. The Hall–Kier alpha value is -2.29. The Morgan fingerprint density at radius 2 is 2.16 bits per heavy atom. The van der Waals surface area contributed by atoms with Gasteiger partial charge in [-0.25, -0.2) is 13.5 Å². The fraction of sp³-hybridized carbons (Fsp3) is 0.438. The van der Waals surface area contributed by atoms with Crippen molar-refractivity contribution in [2.75, 3.05) is 11.4 Å². The number of aromatic nitrogens is 3. The molecule has 2 N–H and O–H groups in total. The Bertz CT molecular complexity index is 876. The van der Waals surface area contributed by atoms with Crippen LogP contribution in [0.3, 0.4) is 0 Å². The number of halogens is 2. The second-order valence-corrected chi connectivity index (χ2v) is 6.48. The van der Waals surface area contributed by atoms with Crippen molar-refractivity contribution >= 4 is 23.8 Å². The first kappa shape index (κ1) is 17.5. The van der Waals surface area contributed by atoms with Crippen LogP contribution < -0.4 is 10.6 Å². The highest BCUT2D eigenvalue weighted by Crippen LogP contribution is 2.30. The van der Waals surface area contributed by atoms with Crippen molar-refractivity contribution in [3.05, 3.63) is 39.9 Å². The van der Waals surface area contributed by atoms with E-state index in [0.29, 0.717) is 47.9 Å². The number of fused-ring (bicyclic) bond motifs is 1. The molecule has 134 valence electrons. The molecule has 0 radical (unpaired) electrons. The van der Waals surface area contributed by atoms with Gasteiger partial charge in [0.15, 0.2) is 4.77 Å². The van der Waals surface area contributed by atoms with Gasteiger partial charge in [0.2, 0.25) is 5.91 Å². The van der Waals surface area contributed by atoms with Crippen LogP contribution in [0.15, 0.2) is 12.1 Å². The van der Waals surface area contributed by atoms with Crippen LogP contribution in [0, 0.1) is 16.4 Å². The van der Waals surface area contributed by atoms with Crippen LogP contribution in [-0.4, -0.2) is 26.8 Å². The summed E-state index contributed by atoms with van der Waals surface area (Å²) in [6, 6.07) is 2.26. The maximum absolute atomic E-state index is 14.0. The highest BCUT2D eigenvalue weighted by molar-refractivity contribution is 7.71. The van der Waals surface area contributed by atoms with Gasteiger partial charge in [-0.2, -0.15) is 5.10 Å². The van der Waals surface area contributed by atoms with Gasteiger partial charge < -0.3 is 15.2 Å². The van der Waals surface area contributed by atoms with E-state index in [4.69, 9.17) is 18.0 Å². The molecule has 2 heterocycles. The monoisotopic (exact) mass is 367 g/mol. The number of carbonyl (C=O) groups excluding carboxylic acids is 1. The molecule has 25 heavy (non-hydrogen) atoms. The lowest BCUT2D eigenvalue weighted by Crippen LogP contribution is -2.32. The molecule has 1 aliphatic heterocycles. The van der Waals surface area contributed by atoms with E-state index in [0.717, 1.165) is 12.5 Å². The number of hydrogen-bond acceptors (Lipinski definition) is 4. The average Bonchev–Trinajstić information content (AvgIpc) is 2.81. The number of aryl methyl sites for hydroxylation is 1. The highest BCUT2D eigenvalue weighted by Gasteiger charge is 2.22. The van der Waals surface area contributed by atoms with Crippen molar-refractivity contribution in [3.63, 3.8) is 0 Å². The molecule has 0 aliphatic carbocycles. The van der Waals surface area contributed by atoms with Gasteiger partial charge in [-0.15, -0.1) is 0 Å². The first-order valence-corrected chi connectivity index (χ1v) is 8.41. The molecule has 9 heteroatoms. The molecule has 0 unspecified atom stereocenters. The van der Waals surface area contributed by atoms with Crippen LogP contribution >= 0.6 is 12.2 Å². The Kier molecular flexibility index (Phi) is 4.85. The molecular formula is C16H19F2N5OS. The first-order valence-electron chi connectivity index (χ1n) is 8.00. The Balaban J connectivity index is 1.88. The van der Waals surface area contributed by atoms with E-state index < -0.39 is 17.5 Å². The Morgan fingerprint density at radius 1 is 1.40 bits per heavy atom. The Labute approximate surface area is 148 Å². The van der Waals surface area contributed by atoms with Crippen LogP contribution in [0.1, 0.15) is 24.2 Å². The van der Waals surface area contributed by atoms with Gasteiger partial charge in [-0.3, -0.25) is 4.79 Å². The summed E-state index contributed by atoms with van der Waals surface area (Å²) in [6.45, 7) is 0.948. The molecule has 0 atom stereocenters. The number of amides is 1. The quantitative estimate of drug-likeness (QED) is 0.822. The number of nitrogens with two attached hydrogens (primary N) is 1. The summed E-state index contributed by atoms with van der Waals surface area (Å²) in [6.07, 6.45) is 1.92. The summed E-state index contributed by atoms with van der Waals surface area (Å²) in [5.41, 5.74) is 6.23. The smallest absolute Gasteiger partial charge is 0.217 e. The summed E-state index contributed by atoms with van der Waals surface area (Å²) >= 11 is 5.39. The van der Waals surface area contributed by atoms with Crippen LogP contribution in [0.25, 0.3) is 0 Å². The maximum Gasteiger partial charge on any atom is 0.217 e. The molecule has 0 fully saturated rings. The van der Waals surface area contributed by atoms with Crippen molar-refractivity contribution in [3.8, 4) is 0 Å². The van der Waals surface area contributed by atoms with Gasteiger partial charge >= 0.3 is 0 Å². The molecule has 2 aromatic rings. The van der Waals surface area contributed by atoms with E-state index in [2.05, 4.69) is 5.10 Å². The Morgan fingerprint density at radius 3 is 2.88 bits per heavy atom. The van der Waals surface area contributed by atoms with Gasteiger partial charge in [-0.1, -0.05) is 0 Å². The summed E-state index contributed by atoms with van der Waals surface area (Å²) < 4.78 is 31.4. The predicted octanol–water partition coefficient (Wildman–Crippen LogP) is 2.06. The van der Waals surface area contributed by atoms with Gasteiger partial charge in [-0.05, 0) is 31.1 Å². The molecule has 3 rings (SSSR count). The molecule has 0 saturated heterocycles. The molecule has 0 spiro atoms. The van der Waals surface area contributed by atoms with Crippen LogP contribution in [0.5, 0.6) is 0 Å². The van der Waals surface area contributed by atoms with E-state index in [-0.39, 0.29) is 6.42 Å². The fourth-order valence-electron chi connectivity index (χ4n) is 3.07. The van der Waals surface area contributed by atoms with Crippen LogP contribution in [0.2, 0.25) is 0 Å². The first-order chi connectivity index (χ1) is 11.9. The summed E-state index contributed by atoms with van der Waals surface area (Å²) in [7, 11) is 1.77. The lowest BCUT2D eigenvalue weighted by Gasteiger charge is -2.31. The zero-order chi connectivity index (χ0) is 18.1.